The van der Waals surface area contributed by atoms with Crippen molar-refractivity contribution >= 4 is 23.7 Å². The molecule has 0 aromatic heterocycles. The Labute approximate surface area is 199 Å². The molecular formula is C23H37N5O6. The second-order valence-corrected chi connectivity index (χ2v) is 8.45. The van der Waals surface area contributed by atoms with E-state index in [1.807, 2.05) is 30.3 Å². The van der Waals surface area contributed by atoms with Gasteiger partial charge in [-0.05, 0) is 43.7 Å². The number of aliphatic hydroxyl groups excluding tert-OH is 1. The van der Waals surface area contributed by atoms with Gasteiger partial charge in [-0.3, -0.25) is 14.4 Å². The minimum Gasteiger partial charge on any atom is -0.480 e. The summed E-state index contributed by atoms with van der Waals surface area (Å²) < 4.78 is 0. The molecule has 1 aromatic rings. The van der Waals surface area contributed by atoms with Crippen LogP contribution in [0.5, 0.6) is 0 Å². The number of benzene rings is 1. The van der Waals surface area contributed by atoms with Gasteiger partial charge in [0.1, 0.15) is 18.1 Å². The van der Waals surface area contributed by atoms with Gasteiger partial charge in [0.15, 0.2) is 0 Å². The van der Waals surface area contributed by atoms with Crippen LogP contribution in [0.1, 0.15) is 38.7 Å². The number of carbonyl (C=O) groups excluding carboxylic acids is 3. The first-order chi connectivity index (χ1) is 16.1. The highest BCUT2D eigenvalue weighted by Crippen LogP contribution is 2.07. The molecule has 0 spiro atoms. The Morgan fingerprint density at radius 2 is 1.53 bits per heavy atom. The predicted octanol–water partition coefficient (Wildman–Crippen LogP) is -1.13. The molecule has 0 bridgehead atoms. The van der Waals surface area contributed by atoms with Gasteiger partial charge in [-0.15, -0.1) is 0 Å². The van der Waals surface area contributed by atoms with Crippen LogP contribution in [-0.2, 0) is 25.6 Å². The number of carboxylic acids is 1. The lowest BCUT2D eigenvalue weighted by Gasteiger charge is -2.26. The minimum absolute atomic E-state index is 0.161. The fraction of sp³-hybridized carbons (Fsp3) is 0.565. The standard InChI is InChI=1S/C23H37N5O6/c1-14(2)19(28-20(30)16(25)12-15-8-4-3-5-9-15)22(32)27-18(13-29)21(31)26-17(23(33)34)10-6-7-11-24/h3-5,8-9,14,16-19,29H,6-7,10-13,24-25H2,1-2H3,(H,26,31)(H,27,32)(H,28,30)(H,33,34). The normalized spacial score (nSPS) is 14.5. The lowest BCUT2D eigenvalue weighted by molar-refractivity contribution is -0.142. The van der Waals surface area contributed by atoms with Crippen LogP contribution in [0.2, 0.25) is 0 Å². The number of aliphatic carboxylic acids is 1. The van der Waals surface area contributed by atoms with Crippen molar-refractivity contribution in [1.29, 1.82) is 0 Å². The Balaban J connectivity index is 2.76. The summed E-state index contributed by atoms with van der Waals surface area (Å²) in [5.74, 6) is -3.65. The molecule has 0 radical (unpaired) electrons. The fourth-order valence-corrected chi connectivity index (χ4v) is 3.23. The Hall–Kier alpha value is -3.02. The Morgan fingerprint density at radius 3 is 2.06 bits per heavy atom. The molecule has 0 aliphatic rings. The molecule has 1 rings (SSSR count). The third-order valence-electron chi connectivity index (χ3n) is 5.26. The van der Waals surface area contributed by atoms with E-state index in [4.69, 9.17) is 11.5 Å². The van der Waals surface area contributed by atoms with Crippen molar-refractivity contribution in [2.24, 2.45) is 17.4 Å². The average molecular weight is 480 g/mol. The Bertz CT molecular complexity index is 804. The predicted molar refractivity (Wildman–Crippen MR) is 126 cm³/mol. The SMILES string of the molecule is CC(C)C(NC(=O)C(N)Cc1ccccc1)C(=O)NC(CO)C(=O)NC(CCCCN)C(=O)O. The van der Waals surface area contributed by atoms with Crippen molar-refractivity contribution in [3.63, 3.8) is 0 Å². The van der Waals surface area contributed by atoms with E-state index in [9.17, 15) is 29.4 Å². The first-order valence-corrected chi connectivity index (χ1v) is 11.3. The van der Waals surface area contributed by atoms with Gasteiger partial charge in [-0.2, -0.15) is 0 Å². The van der Waals surface area contributed by atoms with Crippen LogP contribution in [0, 0.1) is 5.92 Å². The number of hydrogen-bond acceptors (Lipinski definition) is 7. The van der Waals surface area contributed by atoms with Crippen LogP contribution in [-0.4, -0.2) is 71.2 Å². The summed E-state index contributed by atoms with van der Waals surface area (Å²) in [5.41, 5.74) is 12.3. The molecule has 0 fully saturated rings. The summed E-state index contributed by atoms with van der Waals surface area (Å²) in [6.45, 7) is 3.06. The number of amides is 3. The maximum atomic E-state index is 12.8. The molecule has 1 aromatic carbocycles. The lowest BCUT2D eigenvalue weighted by atomic mass is 10.0. The van der Waals surface area contributed by atoms with Crippen molar-refractivity contribution in [3.05, 3.63) is 35.9 Å². The molecule has 0 heterocycles. The van der Waals surface area contributed by atoms with E-state index in [1.165, 1.54) is 0 Å². The van der Waals surface area contributed by atoms with E-state index in [1.54, 1.807) is 13.8 Å². The number of unbranched alkanes of at least 4 members (excludes halogenated alkanes) is 1. The molecule has 0 aliphatic heterocycles. The molecule has 34 heavy (non-hydrogen) atoms. The van der Waals surface area contributed by atoms with Crippen LogP contribution in [0.3, 0.4) is 0 Å². The lowest BCUT2D eigenvalue weighted by Crippen LogP contribution is -2.59. The molecule has 0 saturated heterocycles. The van der Waals surface area contributed by atoms with Crippen LogP contribution in [0.15, 0.2) is 30.3 Å². The largest absolute Gasteiger partial charge is 0.480 e. The number of carboxylic acid groups (broad SMARTS) is 1. The van der Waals surface area contributed by atoms with Gasteiger partial charge in [-0.25, -0.2) is 4.79 Å². The number of nitrogens with one attached hydrogen (secondary N) is 3. The van der Waals surface area contributed by atoms with Crippen molar-refractivity contribution in [2.45, 2.75) is 63.7 Å². The number of aliphatic hydroxyl groups is 1. The van der Waals surface area contributed by atoms with Gasteiger partial charge in [0.2, 0.25) is 17.7 Å². The van der Waals surface area contributed by atoms with Gasteiger partial charge < -0.3 is 37.6 Å². The van der Waals surface area contributed by atoms with E-state index < -0.39 is 54.5 Å². The summed E-state index contributed by atoms with van der Waals surface area (Å²) in [7, 11) is 0. The molecule has 0 aliphatic carbocycles. The van der Waals surface area contributed by atoms with Gasteiger partial charge in [0.05, 0.1) is 12.6 Å². The van der Waals surface area contributed by atoms with Crippen LogP contribution in [0.4, 0.5) is 0 Å². The summed E-state index contributed by atoms with van der Waals surface area (Å²) in [6.07, 6.45) is 1.53. The summed E-state index contributed by atoms with van der Waals surface area (Å²) in [4.78, 5) is 49.3. The molecule has 4 atom stereocenters. The van der Waals surface area contributed by atoms with Gasteiger partial charge in [0, 0.05) is 0 Å². The van der Waals surface area contributed by atoms with Crippen molar-refractivity contribution in [1.82, 2.24) is 16.0 Å². The van der Waals surface area contributed by atoms with Crippen molar-refractivity contribution in [2.75, 3.05) is 13.2 Å². The number of nitrogens with two attached hydrogens (primary N) is 2. The van der Waals surface area contributed by atoms with E-state index >= 15 is 0 Å². The maximum absolute atomic E-state index is 12.8. The first kappa shape index (κ1) is 29.0. The molecule has 3 amide bonds. The second-order valence-electron chi connectivity index (χ2n) is 8.45. The highest BCUT2D eigenvalue weighted by molar-refractivity contribution is 5.94. The quantitative estimate of drug-likeness (QED) is 0.153. The van der Waals surface area contributed by atoms with Crippen LogP contribution in [0.25, 0.3) is 0 Å². The second kappa shape index (κ2) is 15.0. The zero-order valence-electron chi connectivity index (χ0n) is 19.7. The topological polar surface area (TPSA) is 197 Å². The zero-order valence-corrected chi connectivity index (χ0v) is 19.7. The number of rotatable bonds is 15. The molecule has 11 heteroatoms. The molecule has 9 N–H and O–H groups in total. The molecule has 11 nitrogen and oxygen atoms in total. The molecule has 4 unspecified atom stereocenters. The minimum atomic E-state index is -1.39. The third-order valence-corrected chi connectivity index (χ3v) is 5.26. The van der Waals surface area contributed by atoms with Crippen LogP contribution >= 0.6 is 0 Å². The monoisotopic (exact) mass is 479 g/mol. The third kappa shape index (κ3) is 9.86. The maximum Gasteiger partial charge on any atom is 0.326 e. The van der Waals surface area contributed by atoms with Crippen molar-refractivity contribution < 1.29 is 29.4 Å². The number of carbonyl (C=O) groups is 4. The molecule has 190 valence electrons. The zero-order chi connectivity index (χ0) is 25.7. The highest BCUT2D eigenvalue weighted by Gasteiger charge is 2.31. The van der Waals surface area contributed by atoms with Gasteiger partial charge >= 0.3 is 5.97 Å². The van der Waals surface area contributed by atoms with E-state index in [2.05, 4.69) is 16.0 Å². The average Bonchev–Trinajstić information content (AvgIpc) is 2.80. The first-order valence-electron chi connectivity index (χ1n) is 11.3. The van der Waals surface area contributed by atoms with Crippen LogP contribution < -0.4 is 27.4 Å². The highest BCUT2D eigenvalue weighted by atomic mass is 16.4. The number of hydrogen-bond donors (Lipinski definition) is 7. The molecular weight excluding hydrogens is 442 g/mol. The summed E-state index contributed by atoms with van der Waals surface area (Å²) in [6, 6.07) is 4.71. The van der Waals surface area contributed by atoms with Gasteiger partial charge in [0.25, 0.3) is 0 Å². The van der Waals surface area contributed by atoms with Gasteiger partial charge in [-0.1, -0.05) is 44.2 Å². The molecule has 0 saturated carbocycles. The van der Waals surface area contributed by atoms with E-state index in [-0.39, 0.29) is 18.8 Å². The van der Waals surface area contributed by atoms with E-state index in [0.717, 1.165) is 5.56 Å². The van der Waals surface area contributed by atoms with Crippen molar-refractivity contribution in [3.8, 4) is 0 Å². The Kier molecular flexibility index (Phi) is 12.8. The summed E-state index contributed by atoms with van der Waals surface area (Å²) >= 11 is 0. The fourth-order valence-electron chi connectivity index (χ4n) is 3.23. The van der Waals surface area contributed by atoms with E-state index in [0.29, 0.717) is 19.4 Å². The Morgan fingerprint density at radius 1 is 0.912 bits per heavy atom. The smallest absolute Gasteiger partial charge is 0.326 e. The summed E-state index contributed by atoms with van der Waals surface area (Å²) in [5, 5.41) is 26.3.